The molecule has 0 spiro atoms. The Labute approximate surface area is 81.8 Å². The van der Waals surface area contributed by atoms with Crippen LogP contribution >= 0.6 is 0 Å². The number of nitrogens with zero attached hydrogens (tertiary/aromatic N) is 1. The standard InChI is InChI=1S/C10H13NO3/c1-3-7(2)11-6-4-5-8(9(11)12)10(13)14/h4-7H,3H2,1-2H3,(H,13,14)/t7-/m1/s1. The summed E-state index contributed by atoms with van der Waals surface area (Å²) in [6, 6.07) is 2.93. The lowest BCUT2D eigenvalue weighted by Gasteiger charge is -2.12. The lowest BCUT2D eigenvalue weighted by atomic mass is 10.2. The molecule has 1 heterocycles. The first-order valence-corrected chi connectivity index (χ1v) is 4.52. The van der Waals surface area contributed by atoms with Gasteiger partial charge in [-0.2, -0.15) is 0 Å². The second-order valence-electron chi connectivity index (χ2n) is 3.20. The van der Waals surface area contributed by atoms with Crippen molar-refractivity contribution in [3.63, 3.8) is 0 Å². The topological polar surface area (TPSA) is 59.3 Å². The first-order valence-electron chi connectivity index (χ1n) is 4.52. The molecular weight excluding hydrogens is 182 g/mol. The minimum absolute atomic E-state index is 0.0294. The Hall–Kier alpha value is -1.58. The van der Waals surface area contributed by atoms with Crippen molar-refractivity contribution in [3.05, 3.63) is 34.2 Å². The Morgan fingerprint density at radius 3 is 2.79 bits per heavy atom. The van der Waals surface area contributed by atoms with Crippen molar-refractivity contribution in [2.45, 2.75) is 26.3 Å². The van der Waals surface area contributed by atoms with Crippen LogP contribution in [-0.2, 0) is 0 Å². The van der Waals surface area contributed by atoms with Crippen molar-refractivity contribution in [2.24, 2.45) is 0 Å². The van der Waals surface area contributed by atoms with Gasteiger partial charge >= 0.3 is 5.97 Å². The SMILES string of the molecule is CC[C@@H](C)n1cccc(C(=O)O)c1=O. The number of hydrogen-bond donors (Lipinski definition) is 1. The fraction of sp³-hybridized carbons (Fsp3) is 0.400. The Balaban J connectivity index is 3.28. The summed E-state index contributed by atoms with van der Waals surface area (Å²) in [7, 11) is 0. The van der Waals surface area contributed by atoms with Crippen molar-refractivity contribution in [2.75, 3.05) is 0 Å². The molecule has 1 N–H and O–H groups in total. The molecule has 0 aliphatic heterocycles. The van der Waals surface area contributed by atoms with Gasteiger partial charge in [-0.3, -0.25) is 4.79 Å². The third-order valence-corrected chi connectivity index (χ3v) is 2.27. The van der Waals surface area contributed by atoms with Gasteiger partial charge in [0.05, 0.1) is 0 Å². The van der Waals surface area contributed by atoms with Crippen molar-refractivity contribution in [1.29, 1.82) is 0 Å². The molecule has 0 unspecified atom stereocenters. The van der Waals surface area contributed by atoms with Crippen LogP contribution in [0, 0.1) is 0 Å². The summed E-state index contributed by atoms with van der Waals surface area (Å²) in [6.45, 7) is 3.83. The summed E-state index contributed by atoms with van der Waals surface area (Å²) in [5.41, 5.74) is -0.609. The normalized spacial score (nSPS) is 12.4. The number of hydrogen-bond acceptors (Lipinski definition) is 2. The molecule has 4 heteroatoms. The van der Waals surface area contributed by atoms with Crippen molar-refractivity contribution in [3.8, 4) is 0 Å². The zero-order valence-corrected chi connectivity index (χ0v) is 8.23. The molecule has 0 amide bonds. The van der Waals surface area contributed by atoms with E-state index in [2.05, 4.69) is 0 Å². The van der Waals surface area contributed by atoms with Gasteiger partial charge in [-0.05, 0) is 25.5 Å². The summed E-state index contributed by atoms with van der Waals surface area (Å²) in [6.07, 6.45) is 2.41. The maximum Gasteiger partial charge on any atom is 0.341 e. The summed E-state index contributed by atoms with van der Waals surface area (Å²) in [5, 5.41) is 8.73. The first-order chi connectivity index (χ1) is 6.57. The molecule has 14 heavy (non-hydrogen) atoms. The largest absolute Gasteiger partial charge is 0.477 e. The number of carbonyl (C=O) groups is 1. The lowest BCUT2D eigenvalue weighted by molar-refractivity contribution is 0.0694. The van der Waals surface area contributed by atoms with Crippen LogP contribution < -0.4 is 5.56 Å². The first kappa shape index (κ1) is 10.5. The molecule has 1 rings (SSSR count). The second-order valence-corrected chi connectivity index (χ2v) is 3.20. The highest BCUT2D eigenvalue weighted by molar-refractivity contribution is 5.86. The molecule has 4 nitrogen and oxygen atoms in total. The van der Waals surface area contributed by atoms with E-state index in [4.69, 9.17) is 5.11 Å². The summed E-state index contributed by atoms with van der Waals surface area (Å²) >= 11 is 0. The second kappa shape index (κ2) is 4.09. The maximum absolute atomic E-state index is 11.6. The molecule has 0 saturated heterocycles. The van der Waals surface area contributed by atoms with E-state index in [0.717, 1.165) is 6.42 Å². The third-order valence-electron chi connectivity index (χ3n) is 2.27. The zero-order chi connectivity index (χ0) is 10.7. The van der Waals surface area contributed by atoms with E-state index in [0.29, 0.717) is 0 Å². The molecule has 0 bridgehead atoms. The number of pyridine rings is 1. The van der Waals surface area contributed by atoms with Gasteiger partial charge in [0.2, 0.25) is 0 Å². The van der Waals surface area contributed by atoms with Crippen molar-refractivity contribution in [1.82, 2.24) is 4.57 Å². The molecule has 0 radical (unpaired) electrons. The Morgan fingerprint density at radius 2 is 2.29 bits per heavy atom. The minimum atomic E-state index is -1.17. The maximum atomic E-state index is 11.6. The fourth-order valence-corrected chi connectivity index (χ4v) is 1.22. The van der Waals surface area contributed by atoms with Gasteiger partial charge in [-0.15, -0.1) is 0 Å². The monoisotopic (exact) mass is 195 g/mol. The van der Waals surface area contributed by atoms with Crippen LogP contribution in [0.5, 0.6) is 0 Å². The van der Waals surface area contributed by atoms with Gasteiger partial charge < -0.3 is 9.67 Å². The molecule has 76 valence electrons. The Morgan fingerprint density at radius 1 is 1.64 bits per heavy atom. The van der Waals surface area contributed by atoms with Gasteiger partial charge in [-0.25, -0.2) is 4.79 Å². The fourth-order valence-electron chi connectivity index (χ4n) is 1.22. The molecule has 0 saturated carbocycles. The van der Waals surface area contributed by atoms with Crippen LogP contribution in [0.3, 0.4) is 0 Å². The minimum Gasteiger partial charge on any atom is -0.477 e. The van der Waals surface area contributed by atoms with E-state index in [-0.39, 0.29) is 11.6 Å². The third kappa shape index (κ3) is 1.84. The van der Waals surface area contributed by atoms with Crippen LogP contribution in [0.4, 0.5) is 0 Å². The van der Waals surface area contributed by atoms with E-state index >= 15 is 0 Å². The van der Waals surface area contributed by atoms with E-state index < -0.39 is 11.5 Å². The van der Waals surface area contributed by atoms with Gasteiger partial charge in [0, 0.05) is 12.2 Å². The quantitative estimate of drug-likeness (QED) is 0.795. The van der Waals surface area contributed by atoms with Crippen molar-refractivity contribution < 1.29 is 9.90 Å². The smallest absolute Gasteiger partial charge is 0.341 e. The van der Waals surface area contributed by atoms with E-state index in [1.54, 1.807) is 12.3 Å². The predicted octanol–water partition coefficient (Wildman–Crippen LogP) is 1.52. The molecule has 1 aromatic heterocycles. The average Bonchev–Trinajstić information content (AvgIpc) is 2.16. The molecule has 1 atom stereocenters. The molecule has 1 aromatic rings. The number of aromatic nitrogens is 1. The van der Waals surface area contributed by atoms with Crippen LogP contribution in [0.15, 0.2) is 23.1 Å². The zero-order valence-electron chi connectivity index (χ0n) is 8.23. The van der Waals surface area contributed by atoms with Gasteiger partial charge in [0.1, 0.15) is 5.56 Å². The predicted molar refractivity (Wildman–Crippen MR) is 52.7 cm³/mol. The van der Waals surface area contributed by atoms with Gasteiger partial charge in [-0.1, -0.05) is 6.92 Å². The highest BCUT2D eigenvalue weighted by Gasteiger charge is 2.12. The van der Waals surface area contributed by atoms with E-state index in [9.17, 15) is 9.59 Å². The molecule has 0 aliphatic carbocycles. The van der Waals surface area contributed by atoms with Crippen molar-refractivity contribution >= 4 is 5.97 Å². The number of aromatic carboxylic acids is 1. The number of rotatable bonds is 3. The van der Waals surface area contributed by atoms with Gasteiger partial charge in [0.25, 0.3) is 5.56 Å². The summed E-state index contributed by atoms with van der Waals surface area (Å²) < 4.78 is 1.45. The molecule has 0 aromatic carbocycles. The van der Waals surface area contributed by atoms with E-state index in [1.165, 1.54) is 10.6 Å². The number of carboxylic acid groups (broad SMARTS) is 1. The van der Waals surface area contributed by atoms with Crippen LogP contribution in [0.25, 0.3) is 0 Å². The summed E-state index contributed by atoms with van der Waals surface area (Å²) in [4.78, 5) is 22.3. The summed E-state index contributed by atoms with van der Waals surface area (Å²) in [5.74, 6) is -1.17. The molecule has 0 aliphatic rings. The highest BCUT2D eigenvalue weighted by atomic mass is 16.4. The number of carboxylic acids is 1. The van der Waals surface area contributed by atoms with Gasteiger partial charge in [0.15, 0.2) is 0 Å². The van der Waals surface area contributed by atoms with Crippen LogP contribution in [-0.4, -0.2) is 15.6 Å². The van der Waals surface area contributed by atoms with E-state index in [1.807, 2.05) is 13.8 Å². The highest BCUT2D eigenvalue weighted by Crippen LogP contribution is 2.06. The lowest BCUT2D eigenvalue weighted by Crippen LogP contribution is -2.27. The average molecular weight is 195 g/mol. The van der Waals surface area contributed by atoms with Crippen LogP contribution in [0.1, 0.15) is 36.7 Å². The Bertz CT molecular complexity index is 395. The Kier molecular flexibility index (Phi) is 3.06. The molecule has 0 fully saturated rings. The van der Waals surface area contributed by atoms with Crippen LogP contribution in [0.2, 0.25) is 0 Å². The molecular formula is C10H13NO3.